The maximum Gasteiger partial charge on any atom is 0.274 e. The molecule has 0 bridgehead atoms. The van der Waals surface area contributed by atoms with Crippen molar-refractivity contribution in [2.45, 2.75) is 4.90 Å². The zero-order valence-corrected chi connectivity index (χ0v) is 16.0. The van der Waals surface area contributed by atoms with Gasteiger partial charge in [-0.15, -0.1) is 0 Å². The third kappa shape index (κ3) is 2.90. The largest absolute Gasteiger partial charge is 0.285 e. The van der Waals surface area contributed by atoms with Crippen LogP contribution in [0.4, 0.5) is 0 Å². The molecule has 2 heterocycles. The quantitative estimate of drug-likeness (QED) is 0.567. The second-order valence-corrected chi connectivity index (χ2v) is 7.97. The van der Waals surface area contributed by atoms with Crippen LogP contribution in [-0.2, 0) is 24.1 Å². The SMILES string of the molecule is Cn1c(-c2ccc3nccnc3c2)c(-c2ccc(S(N)(=O)=O)cc2)c(=O)n1C. The molecular weight excluding hydrogens is 378 g/mol. The molecule has 8 nitrogen and oxygen atoms in total. The highest BCUT2D eigenvalue weighted by molar-refractivity contribution is 7.89. The van der Waals surface area contributed by atoms with E-state index in [2.05, 4.69) is 9.97 Å². The van der Waals surface area contributed by atoms with E-state index >= 15 is 0 Å². The lowest BCUT2D eigenvalue weighted by Crippen LogP contribution is -2.17. The van der Waals surface area contributed by atoms with Crippen LogP contribution in [0.15, 0.2) is 64.5 Å². The monoisotopic (exact) mass is 395 g/mol. The number of rotatable bonds is 3. The zero-order valence-electron chi connectivity index (χ0n) is 15.2. The predicted molar refractivity (Wildman–Crippen MR) is 106 cm³/mol. The molecule has 0 aliphatic carbocycles. The van der Waals surface area contributed by atoms with Gasteiger partial charge in [0, 0.05) is 32.1 Å². The fraction of sp³-hybridized carbons (Fsp3) is 0.105. The molecule has 0 spiro atoms. The summed E-state index contributed by atoms with van der Waals surface area (Å²) in [5.74, 6) is 0. The molecule has 0 amide bonds. The number of primary sulfonamides is 1. The van der Waals surface area contributed by atoms with Crippen LogP contribution in [0.25, 0.3) is 33.4 Å². The van der Waals surface area contributed by atoms with Crippen molar-refractivity contribution >= 4 is 21.1 Å². The zero-order chi connectivity index (χ0) is 20.1. The van der Waals surface area contributed by atoms with E-state index in [1.807, 2.05) is 18.2 Å². The van der Waals surface area contributed by atoms with Gasteiger partial charge in [-0.25, -0.2) is 13.6 Å². The Hall–Kier alpha value is -3.30. The van der Waals surface area contributed by atoms with E-state index in [0.717, 1.165) is 11.1 Å². The molecule has 0 atom stereocenters. The van der Waals surface area contributed by atoms with Gasteiger partial charge in [0.1, 0.15) is 0 Å². The Kier molecular flexibility index (Phi) is 4.13. The Morgan fingerprint density at radius 2 is 1.46 bits per heavy atom. The standard InChI is InChI=1S/C19H17N5O3S/c1-23-18(13-5-8-15-16(11-13)22-10-9-21-15)17(19(25)24(23)2)12-3-6-14(7-4-12)28(20,26)27/h3-11H,1-2H3,(H2,20,26,27). The van der Waals surface area contributed by atoms with Gasteiger partial charge in [0.2, 0.25) is 10.0 Å². The van der Waals surface area contributed by atoms with E-state index in [4.69, 9.17) is 5.14 Å². The van der Waals surface area contributed by atoms with Crippen LogP contribution < -0.4 is 10.7 Å². The van der Waals surface area contributed by atoms with Gasteiger partial charge in [-0.05, 0) is 29.8 Å². The van der Waals surface area contributed by atoms with Gasteiger partial charge in [-0.2, -0.15) is 0 Å². The van der Waals surface area contributed by atoms with Gasteiger partial charge in [-0.1, -0.05) is 18.2 Å². The van der Waals surface area contributed by atoms with E-state index in [9.17, 15) is 13.2 Å². The summed E-state index contributed by atoms with van der Waals surface area (Å²) in [7, 11) is -0.338. The van der Waals surface area contributed by atoms with Gasteiger partial charge in [0.05, 0.1) is 27.2 Å². The predicted octanol–water partition coefficient (Wildman–Crippen LogP) is 1.65. The molecule has 2 N–H and O–H groups in total. The van der Waals surface area contributed by atoms with Crippen LogP contribution in [0.3, 0.4) is 0 Å². The Labute approximate surface area is 160 Å². The fourth-order valence-corrected chi connectivity index (χ4v) is 3.74. The number of hydrogen-bond donors (Lipinski definition) is 1. The summed E-state index contributed by atoms with van der Waals surface area (Å²) in [6.07, 6.45) is 3.24. The molecule has 0 radical (unpaired) electrons. The first kappa shape index (κ1) is 18.1. The Balaban J connectivity index is 1.96. The number of hydrogen-bond acceptors (Lipinski definition) is 5. The summed E-state index contributed by atoms with van der Waals surface area (Å²) in [6, 6.07) is 11.6. The molecule has 28 heavy (non-hydrogen) atoms. The van der Waals surface area contributed by atoms with Crippen LogP contribution in [0.1, 0.15) is 0 Å². The lowest BCUT2D eigenvalue weighted by Gasteiger charge is -2.09. The van der Waals surface area contributed by atoms with Gasteiger partial charge in [-0.3, -0.25) is 24.1 Å². The molecule has 4 rings (SSSR count). The summed E-state index contributed by atoms with van der Waals surface area (Å²) in [5, 5.41) is 5.17. The van der Waals surface area contributed by atoms with Crippen molar-refractivity contribution in [3.63, 3.8) is 0 Å². The number of aromatic nitrogens is 4. The minimum Gasteiger partial charge on any atom is -0.285 e. The summed E-state index contributed by atoms with van der Waals surface area (Å²) < 4.78 is 26.3. The van der Waals surface area contributed by atoms with E-state index in [1.165, 1.54) is 16.8 Å². The Morgan fingerprint density at radius 3 is 2.11 bits per heavy atom. The van der Waals surface area contributed by atoms with Crippen LogP contribution in [0.2, 0.25) is 0 Å². The molecular formula is C19H17N5O3S. The van der Waals surface area contributed by atoms with Gasteiger partial charge in [0.25, 0.3) is 5.56 Å². The van der Waals surface area contributed by atoms with E-state index < -0.39 is 10.0 Å². The third-order valence-corrected chi connectivity index (χ3v) is 5.66. The lowest BCUT2D eigenvalue weighted by atomic mass is 10.0. The summed E-state index contributed by atoms with van der Waals surface area (Å²) in [6.45, 7) is 0. The first-order chi connectivity index (χ1) is 13.3. The molecule has 9 heteroatoms. The van der Waals surface area contributed by atoms with Gasteiger partial charge < -0.3 is 0 Å². The number of nitrogens with two attached hydrogens (primary N) is 1. The van der Waals surface area contributed by atoms with Crippen molar-refractivity contribution in [3.05, 3.63) is 65.2 Å². The van der Waals surface area contributed by atoms with Crippen LogP contribution in [-0.4, -0.2) is 27.7 Å². The molecule has 0 saturated carbocycles. The highest BCUT2D eigenvalue weighted by atomic mass is 32.2. The second-order valence-electron chi connectivity index (χ2n) is 6.41. The van der Waals surface area contributed by atoms with Crippen molar-refractivity contribution in [2.24, 2.45) is 19.2 Å². The molecule has 0 saturated heterocycles. The van der Waals surface area contributed by atoms with E-state index in [0.29, 0.717) is 22.3 Å². The first-order valence-corrected chi connectivity index (χ1v) is 9.92. The van der Waals surface area contributed by atoms with E-state index in [1.54, 1.807) is 43.3 Å². The lowest BCUT2D eigenvalue weighted by molar-refractivity contribution is 0.584. The Morgan fingerprint density at radius 1 is 0.857 bits per heavy atom. The summed E-state index contributed by atoms with van der Waals surface area (Å²) >= 11 is 0. The smallest absolute Gasteiger partial charge is 0.274 e. The van der Waals surface area contributed by atoms with Crippen molar-refractivity contribution in [3.8, 4) is 22.4 Å². The highest BCUT2D eigenvalue weighted by Gasteiger charge is 2.20. The fourth-order valence-electron chi connectivity index (χ4n) is 3.22. The van der Waals surface area contributed by atoms with Crippen LogP contribution >= 0.6 is 0 Å². The van der Waals surface area contributed by atoms with Crippen LogP contribution in [0, 0.1) is 0 Å². The first-order valence-electron chi connectivity index (χ1n) is 8.38. The average Bonchev–Trinajstić information content (AvgIpc) is 2.91. The van der Waals surface area contributed by atoms with Crippen molar-refractivity contribution in [2.75, 3.05) is 0 Å². The number of nitrogens with zero attached hydrogens (tertiary/aromatic N) is 4. The number of fused-ring (bicyclic) bond motifs is 1. The summed E-state index contributed by atoms with van der Waals surface area (Å²) in [4.78, 5) is 21.5. The Bertz CT molecular complexity index is 1370. The van der Waals surface area contributed by atoms with Crippen LogP contribution in [0.5, 0.6) is 0 Å². The third-order valence-electron chi connectivity index (χ3n) is 4.73. The van der Waals surface area contributed by atoms with Crippen molar-refractivity contribution < 1.29 is 8.42 Å². The molecule has 0 fully saturated rings. The van der Waals surface area contributed by atoms with Crippen molar-refractivity contribution in [1.29, 1.82) is 0 Å². The molecule has 0 aliphatic rings. The van der Waals surface area contributed by atoms with Gasteiger partial charge >= 0.3 is 0 Å². The molecule has 0 aliphatic heterocycles. The molecule has 2 aromatic carbocycles. The average molecular weight is 395 g/mol. The minimum atomic E-state index is -3.81. The summed E-state index contributed by atoms with van der Waals surface area (Å²) in [5.41, 5.74) is 3.84. The topological polar surface area (TPSA) is 113 Å². The molecule has 2 aromatic heterocycles. The molecule has 0 unspecified atom stereocenters. The molecule has 142 valence electrons. The maximum absolute atomic E-state index is 12.9. The van der Waals surface area contributed by atoms with Crippen molar-refractivity contribution in [1.82, 2.24) is 19.3 Å². The van der Waals surface area contributed by atoms with Gasteiger partial charge in [0.15, 0.2) is 0 Å². The van der Waals surface area contributed by atoms with E-state index in [-0.39, 0.29) is 10.5 Å². The maximum atomic E-state index is 12.9. The normalized spacial score (nSPS) is 11.8. The minimum absolute atomic E-state index is 0.00784. The number of sulfonamides is 1. The molecule has 4 aromatic rings. The highest BCUT2D eigenvalue weighted by Crippen LogP contribution is 2.31. The number of benzene rings is 2. The second kappa shape index (κ2) is 6.39.